The molecule has 0 spiro atoms. The SMILES string of the molecule is C[C@@H]1CC2C[C@H](C)CC(c3ccc(-c4cc(-c5cccc(C#N)c5)cc(-c5nc(-c6ccccc6)nc(-c6ccccc6)n5)c4)cc3)(C2)C1. The normalized spacial score (nSPS) is 21.5. The second kappa shape index (κ2) is 12.9. The zero-order valence-corrected chi connectivity index (χ0v) is 28.2. The summed E-state index contributed by atoms with van der Waals surface area (Å²) in [5.41, 5.74) is 9.44. The molecule has 5 aromatic carbocycles. The van der Waals surface area contributed by atoms with E-state index in [1.54, 1.807) is 0 Å². The molecule has 8 rings (SSSR count). The minimum atomic E-state index is 0.288. The summed E-state index contributed by atoms with van der Waals surface area (Å²) in [6.45, 7) is 4.90. The third-order valence-corrected chi connectivity index (χ3v) is 10.7. The molecule has 2 aliphatic rings. The van der Waals surface area contributed by atoms with Gasteiger partial charge in [0.15, 0.2) is 17.5 Å². The Bertz CT molecular complexity index is 2070. The van der Waals surface area contributed by atoms with Crippen molar-refractivity contribution in [2.75, 3.05) is 0 Å². The van der Waals surface area contributed by atoms with Gasteiger partial charge in [0.1, 0.15) is 0 Å². The molecule has 2 aliphatic carbocycles. The number of hydrogen-bond donors (Lipinski definition) is 0. The van der Waals surface area contributed by atoms with Crippen LogP contribution in [-0.4, -0.2) is 15.0 Å². The van der Waals surface area contributed by atoms with Gasteiger partial charge < -0.3 is 0 Å². The summed E-state index contributed by atoms with van der Waals surface area (Å²) in [5.74, 6) is 4.27. The highest BCUT2D eigenvalue weighted by molar-refractivity contribution is 5.81. The van der Waals surface area contributed by atoms with E-state index in [9.17, 15) is 5.26 Å². The van der Waals surface area contributed by atoms with Crippen molar-refractivity contribution in [2.24, 2.45) is 17.8 Å². The third-order valence-electron chi connectivity index (χ3n) is 10.7. The Kier molecular flexibility index (Phi) is 8.14. The summed E-state index contributed by atoms with van der Waals surface area (Å²) < 4.78 is 0. The molecule has 6 aromatic rings. The summed E-state index contributed by atoms with van der Waals surface area (Å²) in [7, 11) is 0. The minimum Gasteiger partial charge on any atom is -0.208 e. The lowest BCUT2D eigenvalue weighted by Gasteiger charge is -2.50. The molecule has 2 bridgehead atoms. The molecular weight excluding hydrogens is 597 g/mol. The van der Waals surface area contributed by atoms with Crippen LogP contribution in [-0.2, 0) is 5.41 Å². The average molecular weight is 637 g/mol. The Labute approximate surface area is 289 Å². The second-order valence-electron chi connectivity index (χ2n) is 14.5. The summed E-state index contributed by atoms with van der Waals surface area (Å²) in [4.78, 5) is 15.0. The van der Waals surface area contributed by atoms with Crippen LogP contribution in [0.4, 0.5) is 0 Å². The maximum absolute atomic E-state index is 9.70. The lowest BCUT2D eigenvalue weighted by atomic mass is 9.54. The third kappa shape index (κ3) is 6.30. The van der Waals surface area contributed by atoms with Crippen LogP contribution in [0, 0.1) is 29.1 Å². The topological polar surface area (TPSA) is 62.5 Å². The highest BCUT2D eigenvalue weighted by Gasteiger charge is 2.45. The number of aromatic nitrogens is 3. The van der Waals surface area contributed by atoms with Gasteiger partial charge in [0, 0.05) is 16.7 Å². The lowest BCUT2D eigenvalue weighted by Crippen LogP contribution is -2.42. The van der Waals surface area contributed by atoms with Crippen LogP contribution in [0.5, 0.6) is 0 Å². The Morgan fingerprint density at radius 3 is 1.59 bits per heavy atom. The van der Waals surface area contributed by atoms with Gasteiger partial charge >= 0.3 is 0 Å². The van der Waals surface area contributed by atoms with Gasteiger partial charge in [0.2, 0.25) is 0 Å². The fourth-order valence-corrected chi connectivity index (χ4v) is 8.87. The first-order chi connectivity index (χ1) is 23.9. The predicted octanol–water partition coefficient (Wildman–Crippen LogP) is 11.2. The van der Waals surface area contributed by atoms with Gasteiger partial charge in [0.05, 0.1) is 11.6 Å². The molecule has 0 N–H and O–H groups in total. The van der Waals surface area contributed by atoms with Gasteiger partial charge in [-0.1, -0.05) is 111 Å². The van der Waals surface area contributed by atoms with E-state index in [4.69, 9.17) is 15.0 Å². The molecule has 0 radical (unpaired) electrons. The van der Waals surface area contributed by atoms with Crippen LogP contribution in [0.2, 0.25) is 0 Å². The zero-order chi connectivity index (χ0) is 33.4. The van der Waals surface area contributed by atoms with Crippen LogP contribution >= 0.6 is 0 Å². The minimum absolute atomic E-state index is 0.288. The Hall–Kier alpha value is -5.40. The molecule has 1 heterocycles. The maximum Gasteiger partial charge on any atom is 0.164 e. The number of hydrogen-bond acceptors (Lipinski definition) is 4. The van der Waals surface area contributed by atoms with E-state index in [0.717, 1.165) is 56.7 Å². The van der Waals surface area contributed by atoms with Crippen molar-refractivity contribution in [3.63, 3.8) is 0 Å². The van der Waals surface area contributed by atoms with Crippen molar-refractivity contribution in [3.8, 4) is 62.5 Å². The first-order valence-electron chi connectivity index (χ1n) is 17.6. The van der Waals surface area contributed by atoms with Crippen molar-refractivity contribution in [2.45, 2.75) is 51.4 Å². The number of nitriles is 1. The summed E-state index contributed by atoms with van der Waals surface area (Å²) in [6.07, 6.45) is 6.65. The first-order valence-corrected chi connectivity index (χ1v) is 17.6. The lowest BCUT2D eigenvalue weighted by molar-refractivity contribution is 0.0780. The molecular formula is C45H40N4. The molecule has 2 fully saturated rings. The predicted molar refractivity (Wildman–Crippen MR) is 198 cm³/mol. The van der Waals surface area contributed by atoms with Crippen LogP contribution in [0.3, 0.4) is 0 Å². The number of benzene rings is 5. The average Bonchev–Trinajstić information content (AvgIpc) is 3.14. The van der Waals surface area contributed by atoms with Crippen molar-refractivity contribution >= 4 is 0 Å². The van der Waals surface area contributed by atoms with E-state index in [1.807, 2.05) is 78.9 Å². The Morgan fingerprint density at radius 2 is 1.02 bits per heavy atom. The standard InChI is InChI=1S/C45H40N4/c1-30-20-33-21-31(2)27-45(26-30,28-33)41-18-16-34(17-19-41)38-23-39(37-15-9-10-32(22-37)29-46)25-40(24-38)44-48-42(35-11-5-3-6-12-35)47-43(49-44)36-13-7-4-8-14-36/h3-19,22-25,30-31,33H,20-21,26-28H2,1-2H3/t30-,31+,33?,45?. The van der Waals surface area contributed by atoms with E-state index >= 15 is 0 Å². The van der Waals surface area contributed by atoms with Gasteiger partial charge in [-0.05, 0) is 113 Å². The van der Waals surface area contributed by atoms with Crippen LogP contribution in [0.15, 0.2) is 127 Å². The Balaban J connectivity index is 1.26. The largest absolute Gasteiger partial charge is 0.208 e. The van der Waals surface area contributed by atoms with Gasteiger partial charge in [-0.25, -0.2) is 15.0 Å². The second-order valence-corrected chi connectivity index (χ2v) is 14.5. The van der Waals surface area contributed by atoms with E-state index < -0.39 is 0 Å². The van der Waals surface area contributed by atoms with Gasteiger partial charge in [-0.3, -0.25) is 0 Å². The molecule has 4 nitrogen and oxygen atoms in total. The molecule has 0 amide bonds. The molecule has 2 saturated carbocycles. The molecule has 240 valence electrons. The smallest absolute Gasteiger partial charge is 0.164 e. The van der Waals surface area contributed by atoms with Crippen LogP contribution in [0.1, 0.15) is 57.1 Å². The molecule has 0 saturated heterocycles. The molecule has 4 heteroatoms. The van der Waals surface area contributed by atoms with Crippen molar-refractivity contribution in [3.05, 3.63) is 139 Å². The summed E-state index contributed by atoms with van der Waals surface area (Å²) >= 11 is 0. The van der Waals surface area contributed by atoms with E-state index in [0.29, 0.717) is 23.0 Å². The fraction of sp³-hybridized carbons (Fsp3) is 0.244. The molecule has 2 unspecified atom stereocenters. The Morgan fingerprint density at radius 1 is 0.510 bits per heavy atom. The molecule has 49 heavy (non-hydrogen) atoms. The van der Waals surface area contributed by atoms with Gasteiger partial charge in [0.25, 0.3) is 0 Å². The fourth-order valence-electron chi connectivity index (χ4n) is 8.87. The molecule has 1 aromatic heterocycles. The van der Waals surface area contributed by atoms with Crippen LogP contribution < -0.4 is 0 Å². The van der Waals surface area contributed by atoms with E-state index in [1.165, 1.54) is 37.7 Å². The summed E-state index contributed by atoms with van der Waals surface area (Å²) in [5, 5.41) is 9.70. The zero-order valence-electron chi connectivity index (χ0n) is 28.2. The van der Waals surface area contributed by atoms with Crippen molar-refractivity contribution < 1.29 is 0 Å². The van der Waals surface area contributed by atoms with Gasteiger partial charge in [-0.15, -0.1) is 0 Å². The molecule has 0 aliphatic heterocycles. The summed E-state index contributed by atoms with van der Waals surface area (Å²) in [6, 6.07) is 46.3. The van der Waals surface area contributed by atoms with Crippen LogP contribution in [0.25, 0.3) is 56.4 Å². The van der Waals surface area contributed by atoms with Crippen molar-refractivity contribution in [1.29, 1.82) is 5.26 Å². The highest BCUT2D eigenvalue weighted by Crippen LogP contribution is 2.54. The van der Waals surface area contributed by atoms with E-state index in [-0.39, 0.29) is 5.41 Å². The highest BCUT2D eigenvalue weighted by atomic mass is 15.0. The van der Waals surface area contributed by atoms with Crippen molar-refractivity contribution in [1.82, 2.24) is 15.0 Å². The number of rotatable bonds is 6. The van der Waals surface area contributed by atoms with Gasteiger partial charge in [-0.2, -0.15) is 5.26 Å². The maximum atomic E-state index is 9.70. The molecule has 4 atom stereocenters. The quantitative estimate of drug-likeness (QED) is 0.182. The van der Waals surface area contributed by atoms with E-state index in [2.05, 4.69) is 68.4 Å². The number of fused-ring (bicyclic) bond motifs is 2. The number of nitrogens with zero attached hydrogens (tertiary/aromatic N) is 4. The first kappa shape index (κ1) is 30.9. The monoisotopic (exact) mass is 636 g/mol.